The molecule has 0 fully saturated rings. The average molecular weight is 421 g/mol. The molecule has 3 rings (SSSR count). The molecule has 0 unspecified atom stereocenters. The highest BCUT2D eigenvalue weighted by Crippen LogP contribution is 2.17. The second kappa shape index (κ2) is 10.1. The number of benzene rings is 2. The van der Waals surface area contributed by atoms with E-state index in [2.05, 4.69) is 15.4 Å². The van der Waals surface area contributed by atoms with Crippen molar-refractivity contribution >= 4 is 29.7 Å². The van der Waals surface area contributed by atoms with Crippen LogP contribution in [0.3, 0.4) is 0 Å². The maximum absolute atomic E-state index is 12.3. The molecule has 2 aromatic carbocycles. The minimum Gasteiger partial charge on any atom is -0.483 e. The van der Waals surface area contributed by atoms with E-state index in [1.807, 2.05) is 19.1 Å². The lowest BCUT2D eigenvalue weighted by Gasteiger charge is -2.10. The number of ether oxygens (including phenoxy) is 2. The van der Waals surface area contributed by atoms with Crippen molar-refractivity contribution in [1.29, 1.82) is 0 Å². The van der Waals surface area contributed by atoms with Crippen LogP contribution >= 0.6 is 0 Å². The highest BCUT2D eigenvalue weighted by atomic mass is 16.5. The van der Waals surface area contributed by atoms with Gasteiger partial charge in [-0.1, -0.05) is 12.1 Å². The maximum atomic E-state index is 12.3. The number of carbonyl (C=O) groups is 2. The van der Waals surface area contributed by atoms with Gasteiger partial charge in [0.1, 0.15) is 5.75 Å². The number of hydrogen-bond donors (Lipinski definition) is 2. The Labute approximate surface area is 179 Å². The molecule has 0 atom stereocenters. The minimum atomic E-state index is -0.408. The Morgan fingerprint density at radius 3 is 2.61 bits per heavy atom. The number of nitrogens with zero attached hydrogens (tertiary/aromatic N) is 3. The van der Waals surface area contributed by atoms with Crippen molar-refractivity contribution < 1.29 is 19.1 Å². The number of imidazole rings is 1. The quantitative estimate of drug-likeness (QED) is 0.426. The van der Waals surface area contributed by atoms with Gasteiger partial charge in [-0.3, -0.25) is 4.79 Å². The Bertz CT molecular complexity index is 1090. The summed E-state index contributed by atoms with van der Waals surface area (Å²) in [7, 11) is 0. The van der Waals surface area contributed by atoms with Gasteiger partial charge in [0.15, 0.2) is 6.61 Å². The summed E-state index contributed by atoms with van der Waals surface area (Å²) < 4.78 is 12.0. The molecule has 3 aromatic rings. The summed E-state index contributed by atoms with van der Waals surface area (Å²) in [5.41, 5.74) is 8.18. The van der Waals surface area contributed by atoms with Crippen molar-refractivity contribution in [1.82, 2.24) is 9.66 Å². The molecule has 0 saturated heterocycles. The van der Waals surface area contributed by atoms with E-state index < -0.39 is 5.97 Å². The van der Waals surface area contributed by atoms with Crippen LogP contribution in [-0.4, -0.2) is 41.0 Å². The number of nitrogens with one attached hydrogen (secondary N) is 1. The third kappa shape index (κ3) is 5.92. The van der Waals surface area contributed by atoms with Gasteiger partial charge in [-0.15, -0.1) is 0 Å². The normalized spacial score (nSPS) is 10.8. The van der Waals surface area contributed by atoms with Gasteiger partial charge < -0.3 is 20.5 Å². The largest absolute Gasteiger partial charge is 0.483 e. The van der Waals surface area contributed by atoms with Gasteiger partial charge in [-0.25, -0.2) is 14.5 Å². The molecule has 1 amide bonds. The van der Waals surface area contributed by atoms with E-state index in [1.165, 1.54) is 4.68 Å². The first-order valence-corrected chi connectivity index (χ1v) is 9.61. The number of anilines is 2. The van der Waals surface area contributed by atoms with E-state index in [4.69, 9.17) is 15.2 Å². The summed E-state index contributed by atoms with van der Waals surface area (Å²) in [6.07, 6.45) is 3.29. The first-order chi connectivity index (χ1) is 15.0. The SMILES string of the molecule is CCOC(=O)c1ccc(NC(=O)COc2ccccc2C=Nn2cc(C)nc2N)cc1. The van der Waals surface area contributed by atoms with Crippen LogP contribution in [0.2, 0.25) is 0 Å². The Hall–Kier alpha value is -4.14. The van der Waals surface area contributed by atoms with Crippen molar-refractivity contribution in [2.45, 2.75) is 13.8 Å². The number of aromatic nitrogens is 2. The Morgan fingerprint density at radius 1 is 1.19 bits per heavy atom. The van der Waals surface area contributed by atoms with Gasteiger partial charge in [0.25, 0.3) is 5.91 Å². The molecule has 31 heavy (non-hydrogen) atoms. The zero-order valence-corrected chi connectivity index (χ0v) is 17.2. The van der Waals surface area contributed by atoms with Crippen LogP contribution in [0.25, 0.3) is 0 Å². The van der Waals surface area contributed by atoms with Gasteiger partial charge in [0.05, 0.1) is 30.3 Å². The molecule has 0 bridgehead atoms. The number of carbonyl (C=O) groups excluding carboxylic acids is 2. The average Bonchev–Trinajstić information content (AvgIpc) is 3.09. The van der Waals surface area contributed by atoms with E-state index >= 15 is 0 Å². The Kier molecular flexibility index (Phi) is 7.00. The van der Waals surface area contributed by atoms with Crippen LogP contribution in [-0.2, 0) is 9.53 Å². The lowest BCUT2D eigenvalue weighted by molar-refractivity contribution is -0.118. The molecule has 0 aliphatic rings. The van der Waals surface area contributed by atoms with Crippen LogP contribution in [0, 0.1) is 6.92 Å². The Balaban J connectivity index is 1.59. The summed E-state index contributed by atoms with van der Waals surface area (Å²) in [5, 5.41) is 6.99. The molecule has 0 aliphatic carbocycles. The molecular weight excluding hydrogens is 398 g/mol. The first kappa shape index (κ1) is 21.6. The van der Waals surface area contributed by atoms with Crippen LogP contribution in [0.5, 0.6) is 5.75 Å². The number of nitrogen functional groups attached to an aromatic ring is 1. The van der Waals surface area contributed by atoms with Crippen LogP contribution in [0.1, 0.15) is 28.5 Å². The molecule has 9 nitrogen and oxygen atoms in total. The minimum absolute atomic E-state index is 0.198. The van der Waals surface area contributed by atoms with Gasteiger partial charge in [-0.2, -0.15) is 5.10 Å². The molecule has 9 heteroatoms. The second-order valence-corrected chi connectivity index (χ2v) is 6.50. The zero-order chi connectivity index (χ0) is 22.2. The standard InChI is InChI=1S/C22H23N5O4/c1-3-30-21(29)16-8-10-18(11-9-16)26-20(28)14-31-19-7-5-4-6-17(19)12-24-27-13-15(2)25-22(27)23/h4-13H,3,14H2,1-2H3,(H2,23,25)(H,26,28). The molecule has 160 valence electrons. The van der Waals surface area contributed by atoms with Crippen molar-refractivity contribution in [2.24, 2.45) is 5.10 Å². The van der Waals surface area contributed by atoms with Crippen molar-refractivity contribution in [3.63, 3.8) is 0 Å². The number of para-hydroxylation sites is 1. The molecule has 1 aromatic heterocycles. The number of hydrogen-bond acceptors (Lipinski definition) is 7. The lowest BCUT2D eigenvalue weighted by atomic mass is 10.2. The monoisotopic (exact) mass is 421 g/mol. The fourth-order valence-electron chi connectivity index (χ4n) is 2.68. The fourth-order valence-corrected chi connectivity index (χ4v) is 2.68. The third-order valence-electron chi connectivity index (χ3n) is 4.11. The topological polar surface area (TPSA) is 121 Å². The Morgan fingerprint density at radius 2 is 1.94 bits per heavy atom. The molecule has 0 spiro atoms. The lowest BCUT2D eigenvalue weighted by Crippen LogP contribution is -2.20. The van der Waals surface area contributed by atoms with Gasteiger partial charge in [0, 0.05) is 11.3 Å². The summed E-state index contributed by atoms with van der Waals surface area (Å²) in [4.78, 5) is 28.0. The van der Waals surface area contributed by atoms with Crippen molar-refractivity contribution in [3.8, 4) is 5.75 Å². The van der Waals surface area contributed by atoms with E-state index in [9.17, 15) is 9.59 Å². The summed E-state index contributed by atoms with van der Waals surface area (Å²) >= 11 is 0. The zero-order valence-electron chi connectivity index (χ0n) is 17.2. The predicted octanol–water partition coefficient (Wildman–Crippen LogP) is 2.85. The third-order valence-corrected chi connectivity index (χ3v) is 4.11. The smallest absolute Gasteiger partial charge is 0.338 e. The number of aryl methyl sites for hydroxylation is 1. The number of amides is 1. The summed E-state index contributed by atoms with van der Waals surface area (Å²) in [6.45, 7) is 3.67. The molecule has 0 saturated carbocycles. The van der Waals surface area contributed by atoms with Crippen LogP contribution < -0.4 is 15.8 Å². The fraction of sp³-hybridized carbons (Fsp3) is 0.182. The number of esters is 1. The number of nitrogens with two attached hydrogens (primary N) is 1. The van der Waals surface area contributed by atoms with E-state index in [0.717, 1.165) is 5.69 Å². The van der Waals surface area contributed by atoms with E-state index in [0.29, 0.717) is 29.2 Å². The van der Waals surface area contributed by atoms with E-state index in [1.54, 1.807) is 55.7 Å². The highest BCUT2D eigenvalue weighted by molar-refractivity contribution is 5.94. The van der Waals surface area contributed by atoms with Gasteiger partial charge >= 0.3 is 5.97 Å². The molecule has 1 heterocycles. The highest BCUT2D eigenvalue weighted by Gasteiger charge is 2.09. The molecule has 0 aliphatic heterocycles. The van der Waals surface area contributed by atoms with Crippen LogP contribution in [0.4, 0.5) is 11.6 Å². The summed E-state index contributed by atoms with van der Waals surface area (Å²) in [6, 6.07) is 13.6. The summed E-state index contributed by atoms with van der Waals surface area (Å²) in [5.74, 6) is 0.0228. The van der Waals surface area contributed by atoms with Gasteiger partial charge in [0.2, 0.25) is 5.95 Å². The maximum Gasteiger partial charge on any atom is 0.338 e. The van der Waals surface area contributed by atoms with Crippen LogP contribution in [0.15, 0.2) is 59.8 Å². The second-order valence-electron chi connectivity index (χ2n) is 6.50. The number of rotatable bonds is 8. The molecule has 0 radical (unpaired) electrons. The predicted molar refractivity (Wildman–Crippen MR) is 117 cm³/mol. The van der Waals surface area contributed by atoms with Crippen molar-refractivity contribution in [3.05, 3.63) is 71.5 Å². The first-order valence-electron chi connectivity index (χ1n) is 9.61. The molecule has 3 N–H and O–H groups in total. The molecular formula is C22H23N5O4. The van der Waals surface area contributed by atoms with Gasteiger partial charge in [-0.05, 0) is 50.2 Å². The van der Waals surface area contributed by atoms with Crippen molar-refractivity contribution in [2.75, 3.05) is 24.3 Å². The van der Waals surface area contributed by atoms with E-state index in [-0.39, 0.29) is 18.5 Å².